The van der Waals surface area contributed by atoms with Crippen molar-refractivity contribution in [2.75, 3.05) is 0 Å². The molecule has 1 aliphatic heterocycles. The average Bonchev–Trinajstić information content (AvgIpc) is 3.17. The predicted octanol–water partition coefficient (Wildman–Crippen LogP) is 7.86. The number of rotatable bonds is 5. The first-order valence-electron chi connectivity index (χ1n) is 17.8. The van der Waals surface area contributed by atoms with E-state index in [1.165, 1.54) is 60.0 Å². The average molecular weight is 620 g/mol. The highest BCUT2D eigenvalue weighted by atomic mass is 14.9. The van der Waals surface area contributed by atoms with Crippen molar-refractivity contribution in [3.05, 3.63) is 201 Å². The van der Waals surface area contributed by atoms with Gasteiger partial charge in [0.25, 0.3) is 0 Å². The maximum absolute atomic E-state index is 3.80. The summed E-state index contributed by atoms with van der Waals surface area (Å²) in [6.07, 6.45) is 34.5. The molecule has 0 saturated carbocycles. The van der Waals surface area contributed by atoms with Crippen LogP contribution in [0.25, 0.3) is 22.3 Å². The molecule has 9 rings (SSSR count). The molecule has 5 aliphatic carbocycles. The van der Waals surface area contributed by atoms with Gasteiger partial charge in [-0.15, -0.1) is 0 Å². The van der Waals surface area contributed by atoms with Gasteiger partial charge < -0.3 is 5.32 Å². The Morgan fingerprint density at radius 1 is 0.458 bits per heavy atom. The van der Waals surface area contributed by atoms with Crippen LogP contribution in [0.3, 0.4) is 0 Å². The summed E-state index contributed by atoms with van der Waals surface area (Å²) < 4.78 is 0. The van der Waals surface area contributed by atoms with Crippen molar-refractivity contribution in [2.45, 2.75) is 44.6 Å². The van der Waals surface area contributed by atoms with Crippen molar-refractivity contribution in [1.82, 2.24) is 5.32 Å². The fraction of sp³-hybridized carbons (Fsp3) is 0.191. The van der Waals surface area contributed by atoms with Crippen LogP contribution >= 0.6 is 0 Å². The Morgan fingerprint density at radius 2 is 1.10 bits per heavy atom. The molecule has 6 aliphatic rings. The van der Waals surface area contributed by atoms with Gasteiger partial charge in [0.15, 0.2) is 0 Å². The number of dihydropyridines is 1. The molecule has 48 heavy (non-hydrogen) atoms. The van der Waals surface area contributed by atoms with Gasteiger partial charge in [-0.05, 0) is 110 Å². The largest absolute Gasteiger partial charge is 0.375 e. The normalized spacial score (nSPS) is 24.1. The third kappa shape index (κ3) is 5.10. The highest BCUT2D eigenvalue weighted by Crippen LogP contribution is 2.44. The van der Waals surface area contributed by atoms with Crippen molar-refractivity contribution >= 4 is 22.3 Å². The molecule has 0 radical (unpaired) electrons. The Balaban J connectivity index is 1.19. The molecule has 234 valence electrons. The van der Waals surface area contributed by atoms with E-state index in [9.17, 15) is 0 Å². The molecule has 0 spiro atoms. The molecular weight excluding hydrogens is 579 g/mol. The number of hydrogen-bond donors (Lipinski definition) is 1. The first kappa shape index (κ1) is 29.0. The summed E-state index contributed by atoms with van der Waals surface area (Å²) in [5.74, 6) is 0.654. The molecule has 1 heteroatoms. The van der Waals surface area contributed by atoms with E-state index in [1.54, 1.807) is 11.1 Å². The smallest absolute Gasteiger partial charge is 0.0701 e. The Labute approximate surface area is 283 Å². The van der Waals surface area contributed by atoms with Crippen LogP contribution in [0.15, 0.2) is 174 Å². The molecule has 1 nitrogen and oxygen atoms in total. The molecule has 0 fully saturated rings. The van der Waals surface area contributed by atoms with Gasteiger partial charge in [0.05, 0.1) is 6.04 Å². The minimum atomic E-state index is 0.207. The van der Waals surface area contributed by atoms with Crippen molar-refractivity contribution in [3.63, 3.8) is 0 Å². The van der Waals surface area contributed by atoms with E-state index in [1.807, 2.05) is 0 Å². The zero-order valence-electron chi connectivity index (χ0n) is 27.4. The number of nitrogens with one attached hydrogen (secondary N) is 1. The lowest BCUT2D eigenvalue weighted by molar-refractivity contribution is 0.676. The van der Waals surface area contributed by atoms with Gasteiger partial charge in [-0.3, -0.25) is 0 Å². The van der Waals surface area contributed by atoms with E-state index < -0.39 is 0 Å². The summed E-state index contributed by atoms with van der Waals surface area (Å²) >= 11 is 0. The molecule has 1 heterocycles. The second-order valence-electron chi connectivity index (χ2n) is 13.7. The number of hydrogen-bond acceptors (Lipinski definition) is 1. The van der Waals surface area contributed by atoms with E-state index in [4.69, 9.17) is 0 Å². The molecule has 0 bridgehead atoms. The maximum Gasteiger partial charge on any atom is 0.0701 e. The summed E-state index contributed by atoms with van der Waals surface area (Å²) in [4.78, 5) is 0. The summed E-state index contributed by atoms with van der Waals surface area (Å²) in [6.45, 7) is 0. The zero-order valence-corrected chi connectivity index (χ0v) is 27.4. The molecule has 1 N–H and O–H groups in total. The fourth-order valence-electron chi connectivity index (χ4n) is 8.88. The highest BCUT2D eigenvalue weighted by molar-refractivity contribution is 5.95. The third-order valence-electron chi connectivity index (χ3n) is 11.1. The second kappa shape index (κ2) is 12.5. The maximum atomic E-state index is 3.80. The van der Waals surface area contributed by atoms with E-state index >= 15 is 0 Å². The molecule has 3 unspecified atom stereocenters. The molecule has 3 aromatic carbocycles. The number of fused-ring (bicyclic) bond motifs is 3. The first-order valence-corrected chi connectivity index (χ1v) is 17.8. The standard InChI is InChI=1S/C47H41N/c1-3-14-32(15-4-1)36-30-31-43(38-19-8-7-18-37(36)38)47-41-22-11-9-20-39(41)46(40-21-10-12-23-42(40)47)35-28-26-34(27-29-35)45-25-13-24-44(48-45)33-16-5-2-6-17-33/h1-3,5-14,16-26,28,39,41,44,48H,4,15,27,29-31H2. The monoisotopic (exact) mass is 619 g/mol. The number of allylic oxidation sites excluding steroid dienone is 14. The van der Waals surface area contributed by atoms with Crippen molar-refractivity contribution in [1.29, 1.82) is 0 Å². The van der Waals surface area contributed by atoms with Gasteiger partial charge >= 0.3 is 0 Å². The van der Waals surface area contributed by atoms with Crippen molar-refractivity contribution in [3.8, 4) is 0 Å². The lowest BCUT2D eigenvalue weighted by atomic mass is 9.67. The first-order chi connectivity index (χ1) is 23.8. The number of benzene rings is 3. The van der Waals surface area contributed by atoms with Gasteiger partial charge in [0.1, 0.15) is 0 Å². The van der Waals surface area contributed by atoms with Gasteiger partial charge in [0.2, 0.25) is 0 Å². The van der Waals surface area contributed by atoms with Crippen LogP contribution in [-0.2, 0) is 0 Å². The molecule has 0 saturated heterocycles. The molecular formula is C47H41N. The Morgan fingerprint density at radius 3 is 1.83 bits per heavy atom. The third-order valence-corrected chi connectivity index (χ3v) is 11.1. The summed E-state index contributed by atoms with van der Waals surface area (Å²) in [6, 6.07) is 29.4. The summed E-state index contributed by atoms with van der Waals surface area (Å²) in [7, 11) is 0. The van der Waals surface area contributed by atoms with Crippen LogP contribution in [0, 0.1) is 11.8 Å². The van der Waals surface area contributed by atoms with Gasteiger partial charge in [-0.1, -0.05) is 146 Å². The highest BCUT2D eigenvalue weighted by Gasteiger charge is 2.34. The summed E-state index contributed by atoms with van der Waals surface area (Å²) in [5.41, 5.74) is 13.1. The van der Waals surface area contributed by atoms with Crippen LogP contribution in [0.5, 0.6) is 0 Å². The molecule has 3 atom stereocenters. The van der Waals surface area contributed by atoms with Gasteiger partial charge in [-0.2, -0.15) is 0 Å². The Kier molecular flexibility index (Phi) is 7.54. The molecule has 0 amide bonds. The molecule has 3 aromatic rings. The molecule has 0 aromatic heterocycles. The summed E-state index contributed by atoms with van der Waals surface area (Å²) in [5, 5.41) is 9.52. The zero-order chi connectivity index (χ0) is 31.9. The van der Waals surface area contributed by atoms with E-state index in [2.05, 4.69) is 157 Å². The van der Waals surface area contributed by atoms with Crippen molar-refractivity contribution in [2.24, 2.45) is 11.8 Å². The van der Waals surface area contributed by atoms with E-state index in [-0.39, 0.29) is 6.04 Å². The van der Waals surface area contributed by atoms with Crippen molar-refractivity contribution < 1.29 is 0 Å². The topological polar surface area (TPSA) is 12.0 Å². The predicted molar refractivity (Wildman–Crippen MR) is 201 cm³/mol. The van der Waals surface area contributed by atoms with Crippen LogP contribution in [0.1, 0.15) is 50.1 Å². The SMILES string of the molecule is C1=CCCC(C2=c3ccccc3=C(C3=c4ccccc4=C(C4=CC=C(C5=CC=CC(c6ccccc6)N5)CC4)C4C=CC=CC34)CC2)=C1. The minimum absolute atomic E-state index is 0.207. The minimum Gasteiger partial charge on any atom is -0.375 e. The van der Waals surface area contributed by atoms with Gasteiger partial charge in [-0.25, -0.2) is 0 Å². The van der Waals surface area contributed by atoms with Crippen LogP contribution in [0.4, 0.5) is 0 Å². The van der Waals surface area contributed by atoms with Crippen LogP contribution in [0.2, 0.25) is 0 Å². The quantitative estimate of drug-likeness (QED) is 0.307. The Hall–Kier alpha value is -5.14. The van der Waals surface area contributed by atoms with E-state index in [0.717, 1.165) is 38.5 Å². The van der Waals surface area contributed by atoms with Crippen LogP contribution in [-0.4, -0.2) is 0 Å². The van der Waals surface area contributed by atoms with Gasteiger partial charge in [0, 0.05) is 17.5 Å². The second-order valence-corrected chi connectivity index (χ2v) is 13.7. The lowest BCUT2D eigenvalue weighted by Gasteiger charge is -2.36. The Bertz CT molecular complexity index is 2310. The lowest BCUT2D eigenvalue weighted by Crippen LogP contribution is -2.43. The fourth-order valence-corrected chi connectivity index (χ4v) is 8.88. The van der Waals surface area contributed by atoms with Crippen LogP contribution < -0.4 is 26.2 Å². The van der Waals surface area contributed by atoms with E-state index in [0.29, 0.717) is 11.8 Å².